The Morgan fingerprint density at radius 3 is 2.50 bits per heavy atom. The van der Waals surface area contributed by atoms with Crippen LogP contribution in [0.1, 0.15) is 0 Å². The number of aryl methyl sites for hydroxylation is 1. The van der Waals surface area contributed by atoms with Crippen LogP contribution in [0, 0.1) is 3.57 Å². The number of benzene rings is 1. The van der Waals surface area contributed by atoms with Gasteiger partial charge in [-0.05, 0) is 34.7 Å². The van der Waals surface area contributed by atoms with Gasteiger partial charge in [0.15, 0.2) is 11.2 Å². The number of rotatable bonds is 1. The number of aromatic nitrogens is 4. The largest absolute Gasteiger partial charge is 0.332 e. The van der Waals surface area contributed by atoms with Crippen LogP contribution in [0.25, 0.3) is 11.2 Å². The van der Waals surface area contributed by atoms with E-state index in [0.717, 1.165) is 8.14 Å². The summed E-state index contributed by atoms with van der Waals surface area (Å²) in [6.45, 7) is 0.0181. The second-order valence-corrected chi connectivity index (χ2v) is 6.72. The highest BCUT2D eigenvalue weighted by Crippen LogP contribution is 2.34. The molecule has 1 aliphatic heterocycles. The van der Waals surface area contributed by atoms with Gasteiger partial charge < -0.3 is 0 Å². The van der Waals surface area contributed by atoms with Crippen molar-refractivity contribution in [2.45, 2.75) is 6.54 Å². The summed E-state index contributed by atoms with van der Waals surface area (Å²) >= 11 is 2.15. The van der Waals surface area contributed by atoms with Crippen LogP contribution in [0.15, 0.2) is 33.9 Å². The van der Waals surface area contributed by atoms with Crippen molar-refractivity contribution in [2.24, 2.45) is 14.1 Å². The average molecular weight is 437 g/mol. The van der Waals surface area contributed by atoms with Crippen LogP contribution in [0.2, 0.25) is 0 Å². The van der Waals surface area contributed by atoms with Gasteiger partial charge in [-0.3, -0.25) is 23.3 Å². The van der Waals surface area contributed by atoms with Gasteiger partial charge in [-0.2, -0.15) is 4.98 Å². The molecule has 0 fully saturated rings. The number of nitrogens with zero attached hydrogens (tertiary/aromatic N) is 5. The van der Waals surface area contributed by atoms with Crippen LogP contribution in [-0.2, 0) is 25.4 Å². The number of amides is 1. The Hall–Kier alpha value is -2.43. The number of halogens is 1. The smallest absolute Gasteiger partial charge is 0.294 e. The maximum absolute atomic E-state index is 12.5. The van der Waals surface area contributed by atoms with Crippen molar-refractivity contribution in [3.05, 3.63) is 48.7 Å². The molecule has 0 unspecified atom stereocenters. The minimum atomic E-state index is -0.454. The fourth-order valence-corrected chi connectivity index (χ4v) is 3.58. The van der Waals surface area contributed by atoms with Crippen LogP contribution in [-0.4, -0.2) is 24.6 Å². The lowest BCUT2D eigenvalue weighted by atomic mass is 10.3. The quantitative estimate of drug-likeness (QED) is 0.526. The Labute approximate surface area is 149 Å². The first kappa shape index (κ1) is 15.1. The predicted octanol–water partition coefficient (Wildman–Crippen LogP) is 0.717. The number of hydrogen-bond acceptors (Lipinski definition) is 4. The monoisotopic (exact) mass is 437 g/mol. The molecule has 0 atom stereocenters. The number of para-hydroxylation sites is 1. The molecule has 3 aromatic rings. The second-order valence-electron chi connectivity index (χ2n) is 5.56. The number of anilines is 2. The molecule has 1 aromatic carbocycles. The summed E-state index contributed by atoms with van der Waals surface area (Å²) in [5.74, 6) is 0.192. The molecule has 1 amide bonds. The van der Waals surface area contributed by atoms with E-state index in [4.69, 9.17) is 0 Å². The molecular weight excluding hydrogens is 425 g/mol. The summed E-state index contributed by atoms with van der Waals surface area (Å²) < 4.78 is 4.81. The molecule has 0 spiro atoms. The molecule has 24 heavy (non-hydrogen) atoms. The van der Waals surface area contributed by atoms with Gasteiger partial charge in [0, 0.05) is 17.7 Å². The standard InChI is InChI=1S/C15H12IN5O3/c1-18-12-11(13(23)19(2)15(18)24)20-7-10(22)21(14(20)17-12)9-6-4-3-5-8(9)16/h3-6H,7H2,1-2H3. The van der Waals surface area contributed by atoms with Crippen molar-refractivity contribution in [3.63, 3.8) is 0 Å². The lowest BCUT2D eigenvalue weighted by molar-refractivity contribution is -0.117. The SMILES string of the molecule is Cn1c(=O)c2c(nc3n2CC(=O)N3c2ccccc2I)n(C)c1=O. The van der Waals surface area contributed by atoms with Gasteiger partial charge in [-0.25, -0.2) is 9.69 Å². The predicted molar refractivity (Wildman–Crippen MR) is 96.5 cm³/mol. The fraction of sp³-hybridized carbons (Fsp3) is 0.200. The molecule has 0 saturated heterocycles. The third kappa shape index (κ3) is 1.84. The average Bonchev–Trinajstić information content (AvgIpc) is 3.06. The van der Waals surface area contributed by atoms with E-state index in [9.17, 15) is 14.4 Å². The number of carbonyl (C=O) groups is 1. The third-order valence-electron chi connectivity index (χ3n) is 4.16. The molecule has 0 bridgehead atoms. The summed E-state index contributed by atoms with van der Waals surface area (Å²) in [4.78, 5) is 43.0. The van der Waals surface area contributed by atoms with Gasteiger partial charge in [-0.1, -0.05) is 12.1 Å². The van der Waals surface area contributed by atoms with Crippen LogP contribution in [0.4, 0.5) is 11.6 Å². The molecule has 0 saturated carbocycles. The first-order valence-electron chi connectivity index (χ1n) is 7.15. The molecule has 0 aliphatic carbocycles. The highest BCUT2D eigenvalue weighted by Gasteiger charge is 2.35. The normalized spacial score (nSPS) is 13.8. The number of fused-ring (bicyclic) bond motifs is 3. The Morgan fingerprint density at radius 1 is 1.08 bits per heavy atom. The van der Waals surface area contributed by atoms with Crippen molar-refractivity contribution in [1.29, 1.82) is 0 Å². The lowest BCUT2D eigenvalue weighted by Crippen LogP contribution is -2.37. The van der Waals surface area contributed by atoms with E-state index in [0.29, 0.717) is 11.6 Å². The fourth-order valence-electron chi connectivity index (χ4n) is 2.95. The van der Waals surface area contributed by atoms with Crippen molar-refractivity contribution in [3.8, 4) is 0 Å². The number of carbonyl (C=O) groups excluding carboxylic acids is 1. The second kappa shape index (κ2) is 5.03. The molecule has 3 heterocycles. The van der Waals surface area contributed by atoms with E-state index in [1.54, 1.807) is 11.6 Å². The molecule has 122 valence electrons. The van der Waals surface area contributed by atoms with E-state index in [1.807, 2.05) is 24.3 Å². The van der Waals surface area contributed by atoms with Crippen LogP contribution < -0.4 is 16.1 Å². The summed E-state index contributed by atoms with van der Waals surface area (Å²) in [7, 11) is 2.98. The summed E-state index contributed by atoms with van der Waals surface area (Å²) in [6.07, 6.45) is 0. The molecule has 9 heteroatoms. The van der Waals surface area contributed by atoms with Gasteiger partial charge in [0.1, 0.15) is 6.54 Å². The maximum Gasteiger partial charge on any atom is 0.332 e. The van der Waals surface area contributed by atoms with Crippen molar-refractivity contribution < 1.29 is 4.79 Å². The van der Waals surface area contributed by atoms with Gasteiger partial charge in [0.25, 0.3) is 11.5 Å². The van der Waals surface area contributed by atoms with E-state index in [1.165, 1.54) is 16.5 Å². The first-order chi connectivity index (χ1) is 11.4. The lowest BCUT2D eigenvalue weighted by Gasteiger charge is -2.15. The molecule has 0 radical (unpaired) electrons. The van der Waals surface area contributed by atoms with Crippen molar-refractivity contribution in [1.82, 2.24) is 18.7 Å². The highest BCUT2D eigenvalue weighted by molar-refractivity contribution is 14.1. The van der Waals surface area contributed by atoms with E-state index < -0.39 is 11.2 Å². The Balaban J connectivity index is 2.08. The van der Waals surface area contributed by atoms with E-state index in [-0.39, 0.29) is 23.6 Å². The van der Waals surface area contributed by atoms with Crippen LogP contribution >= 0.6 is 22.6 Å². The Bertz CT molecular complexity index is 1140. The van der Waals surface area contributed by atoms with Crippen molar-refractivity contribution in [2.75, 3.05) is 4.90 Å². The third-order valence-corrected chi connectivity index (χ3v) is 5.08. The van der Waals surface area contributed by atoms with Gasteiger partial charge in [0.05, 0.1) is 5.69 Å². The van der Waals surface area contributed by atoms with Crippen LogP contribution in [0.5, 0.6) is 0 Å². The highest BCUT2D eigenvalue weighted by atomic mass is 127. The maximum atomic E-state index is 12.5. The minimum absolute atomic E-state index is 0.0181. The first-order valence-corrected chi connectivity index (χ1v) is 8.23. The van der Waals surface area contributed by atoms with Crippen LogP contribution in [0.3, 0.4) is 0 Å². The number of imidazole rings is 1. The Kier molecular flexibility index (Phi) is 3.17. The van der Waals surface area contributed by atoms with Crippen molar-refractivity contribution >= 4 is 51.3 Å². The molecule has 4 rings (SSSR count). The molecule has 2 aromatic heterocycles. The summed E-state index contributed by atoms with van der Waals surface area (Å²) in [5.41, 5.74) is 0.345. The summed E-state index contributed by atoms with van der Waals surface area (Å²) in [6, 6.07) is 7.44. The molecule has 8 nitrogen and oxygen atoms in total. The summed E-state index contributed by atoms with van der Waals surface area (Å²) in [5, 5.41) is 0. The van der Waals surface area contributed by atoms with Gasteiger partial charge in [0.2, 0.25) is 5.95 Å². The van der Waals surface area contributed by atoms with E-state index in [2.05, 4.69) is 27.6 Å². The molecule has 1 aliphatic rings. The van der Waals surface area contributed by atoms with Gasteiger partial charge >= 0.3 is 5.69 Å². The molecular formula is C15H12IN5O3. The zero-order chi connectivity index (χ0) is 17.2. The zero-order valence-corrected chi connectivity index (χ0v) is 15.0. The molecule has 0 N–H and O–H groups in total. The van der Waals surface area contributed by atoms with E-state index >= 15 is 0 Å². The minimum Gasteiger partial charge on any atom is -0.294 e. The Morgan fingerprint density at radius 2 is 1.79 bits per heavy atom. The van der Waals surface area contributed by atoms with Gasteiger partial charge in [-0.15, -0.1) is 0 Å². The number of hydrogen-bond donors (Lipinski definition) is 0. The zero-order valence-electron chi connectivity index (χ0n) is 12.9. The topological polar surface area (TPSA) is 82.1 Å².